The monoisotopic (exact) mass is 587 g/mol. The quantitative estimate of drug-likeness (QED) is 0.441. The summed E-state index contributed by atoms with van der Waals surface area (Å²) in [6.07, 6.45) is 2.45. The SMILES string of the molecule is C[C@H]1CN([C@@H](C)CO)S(=O)(=O)c2ccc(C#Cc3ccncc3)cc2O[C@H]1CN(C)S(=O)(=O)c1ccc(F)cc1. The van der Waals surface area contributed by atoms with Crippen LogP contribution in [0.1, 0.15) is 25.0 Å². The number of hydrogen-bond donors (Lipinski definition) is 1. The molecular formula is C28H30FN3O6S2. The topological polar surface area (TPSA) is 117 Å². The van der Waals surface area contributed by atoms with Crippen LogP contribution in [0.25, 0.3) is 0 Å². The van der Waals surface area contributed by atoms with Crippen molar-refractivity contribution >= 4 is 20.0 Å². The zero-order chi connectivity index (χ0) is 29.1. The lowest BCUT2D eigenvalue weighted by atomic mass is 10.0. The lowest BCUT2D eigenvalue weighted by Gasteiger charge is -2.37. The number of ether oxygens (including phenoxy) is 1. The maximum Gasteiger partial charge on any atom is 0.247 e. The van der Waals surface area contributed by atoms with Gasteiger partial charge in [-0.1, -0.05) is 18.8 Å². The largest absolute Gasteiger partial charge is 0.487 e. The van der Waals surface area contributed by atoms with E-state index in [1.807, 2.05) is 0 Å². The number of nitrogens with zero attached hydrogens (tertiary/aromatic N) is 3. The highest BCUT2D eigenvalue weighted by Gasteiger charge is 2.39. The van der Waals surface area contributed by atoms with E-state index >= 15 is 0 Å². The van der Waals surface area contributed by atoms with Gasteiger partial charge in [-0.05, 0) is 61.5 Å². The average molecular weight is 588 g/mol. The molecule has 0 bridgehead atoms. The predicted molar refractivity (Wildman–Crippen MR) is 147 cm³/mol. The molecule has 0 radical (unpaired) electrons. The first-order chi connectivity index (χ1) is 18.9. The van der Waals surface area contributed by atoms with E-state index in [2.05, 4.69) is 16.8 Å². The summed E-state index contributed by atoms with van der Waals surface area (Å²) >= 11 is 0. The molecule has 1 aliphatic heterocycles. The molecular weight excluding hydrogens is 557 g/mol. The van der Waals surface area contributed by atoms with Gasteiger partial charge in [0.2, 0.25) is 20.0 Å². The highest BCUT2D eigenvalue weighted by molar-refractivity contribution is 7.89. The fourth-order valence-corrected chi connectivity index (χ4v) is 7.25. The Balaban J connectivity index is 1.74. The minimum atomic E-state index is -4.07. The van der Waals surface area contributed by atoms with Gasteiger partial charge in [-0.25, -0.2) is 21.2 Å². The van der Waals surface area contributed by atoms with Crippen LogP contribution in [0.5, 0.6) is 5.75 Å². The molecule has 0 saturated carbocycles. The Bertz CT molecular complexity index is 1620. The van der Waals surface area contributed by atoms with Crippen LogP contribution in [0, 0.1) is 23.6 Å². The van der Waals surface area contributed by atoms with Crippen molar-refractivity contribution in [1.82, 2.24) is 13.6 Å². The summed E-state index contributed by atoms with van der Waals surface area (Å²) in [6.45, 7) is 2.83. The van der Waals surface area contributed by atoms with Gasteiger partial charge in [0.25, 0.3) is 0 Å². The second-order valence-electron chi connectivity index (χ2n) is 9.63. The predicted octanol–water partition coefficient (Wildman–Crippen LogP) is 2.71. The first-order valence-corrected chi connectivity index (χ1v) is 15.4. The van der Waals surface area contributed by atoms with Gasteiger partial charge >= 0.3 is 0 Å². The Morgan fingerprint density at radius 1 is 1.12 bits per heavy atom. The number of aliphatic hydroxyl groups excluding tert-OH is 1. The number of benzene rings is 2. The van der Waals surface area contributed by atoms with Crippen LogP contribution in [0.15, 0.2) is 76.8 Å². The molecule has 1 aromatic heterocycles. The molecule has 9 nitrogen and oxygen atoms in total. The van der Waals surface area contributed by atoms with Crippen molar-refractivity contribution < 1.29 is 31.1 Å². The second kappa shape index (κ2) is 12.0. The third-order valence-electron chi connectivity index (χ3n) is 6.66. The smallest absolute Gasteiger partial charge is 0.247 e. The molecule has 4 rings (SSSR count). The number of halogens is 1. The first kappa shape index (κ1) is 29.6. The van der Waals surface area contributed by atoms with Crippen LogP contribution >= 0.6 is 0 Å². The van der Waals surface area contributed by atoms with Crippen LogP contribution in [-0.2, 0) is 20.0 Å². The molecule has 0 amide bonds. The highest BCUT2D eigenvalue weighted by Crippen LogP contribution is 2.34. The number of pyridine rings is 1. The highest BCUT2D eigenvalue weighted by atomic mass is 32.2. The molecule has 40 heavy (non-hydrogen) atoms. The van der Waals surface area contributed by atoms with Gasteiger partial charge in [0, 0.05) is 49.1 Å². The summed E-state index contributed by atoms with van der Waals surface area (Å²) in [5.74, 6) is 4.98. The Kier molecular flexibility index (Phi) is 8.92. The van der Waals surface area contributed by atoms with E-state index in [0.717, 1.165) is 22.0 Å². The number of hydrogen-bond acceptors (Lipinski definition) is 7. The van der Waals surface area contributed by atoms with Crippen molar-refractivity contribution in [2.24, 2.45) is 5.92 Å². The number of aliphatic hydroxyl groups is 1. The van der Waals surface area contributed by atoms with Crippen LogP contribution in [-0.4, -0.2) is 74.4 Å². The van der Waals surface area contributed by atoms with E-state index in [9.17, 15) is 26.3 Å². The molecule has 2 aromatic carbocycles. The van der Waals surface area contributed by atoms with Gasteiger partial charge in [-0.3, -0.25) is 4.98 Å². The summed E-state index contributed by atoms with van der Waals surface area (Å²) in [6, 6.07) is 11.8. The fraction of sp³-hybridized carbons (Fsp3) is 0.321. The zero-order valence-electron chi connectivity index (χ0n) is 22.2. The first-order valence-electron chi connectivity index (χ1n) is 12.5. The Labute approximate surface area is 234 Å². The normalized spacial score (nSPS) is 19.9. The van der Waals surface area contributed by atoms with Gasteiger partial charge in [0.1, 0.15) is 22.6 Å². The standard InChI is InChI=1S/C28H30FN3O6S2/c1-20-17-32(21(2)19-33)40(36,37)28-11-6-23(5-4-22-12-14-30-15-13-22)16-26(28)38-27(20)18-31(3)39(34,35)25-9-7-24(29)8-10-25/h6-16,20-21,27,33H,17-19H2,1-3H3/t20-,21-,27-/m0/s1. The number of likely N-dealkylation sites (N-methyl/N-ethyl adjacent to an activating group) is 1. The molecule has 12 heteroatoms. The Morgan fingerprint density at radius 2 is 1.77 bits per heavy atom. The minimum Gasteiger partial charge on any atom is -0.487 e. The third-order valence-corrected chi connectivity index (χ3v) is 10.5. The number of rotatable bonds is 6. The van der Waals surface area contributed by atoms with E-state index in [1.165, 1.54) is 35.6 Å². The molecule has 3 aromatic rings. The summed E-state index contributed by atoms with van der Waals surface area (Å²) in [4.78, 5) is 3.77. The maximum absolute atomic E-state index is 13.7. The van der Waals surface area contributed by atoms with Gasteiger partial charge < -0.3 is 9.84 Å². The molecule has 0 fully saturated rings. The van der Waals surface area contributed by atoms with E-state index in [4.69, 9.17) is 4.74 Å². The van der Waals surface area contributed by atoms with E-state index in [-0.39, 0.29) is 28.6 Å². The second-order valence-corrected chi connectivity index (χ2v) is 13.5. The van der Waals surface area contributed by atoms with E-state index < -0.39 is 50.5 Å². The molecule has 3 atom stereocenters. The maximum atomic E-state index is 13.7. The summed E-state index contributed by atoms with van der Waals surface area (Å²) in [5.41, 5.74) is 1.21. The van der Waals surface area contributed by atoms with Crippen LogP contribution in [0.3, 0.4) is 0 Å². The number of aromatic nitrogens is 1. The van der Waals surface area contributed by atoms with E-state index in [0.29, 0.717) is 5.56 Å². The van der Waals surface area contributed by atoms with Gasteiger partial charge in [-0.15, -0.1) is 0 Å². The fourth-order valence-electron chi connectivity index (χ4n) is 4.24. The summed E-state index contributed by atoms with van der Waals surface area (Å²) in [7, 11) is -6.68. The van der Waals surface area contributed by atoms with Crippen LogP contribution in [0.4, 0.5) is 4.39 Å². The number of fused-ring (bicyclic) bond motifs is 1. The summed E-state index contributed by atoms with van der Waals surface area (Å²) in [5, 5.41) is 9.83. The summed E-state index contributed by atoms with van der Waals surface area (Å²) < 4.78 is 75.7. The van der Waals surface area contributed by atoms with Crippen molar-refractivity contribution in [2.75, 3.05) is 26.7 Å². The lowest BCUT2D eigenvalue weighted by molar-refractivity contribution is 0.0904. The average Bonchev–Trinajstić information content (AvgIpc) is 2.94. The van der Waals surface area contributed by atoms with Crippen molar-refractivity contribution in [2.45, 2.75) is 35.8 Å². The molecule has 0 spiro atoms. The van der Waals surface area contributed by atoms with Crippen molar-refractivity contribution in [3.8, 4) is 17.6 Å². The van der Waals surface area contributed by atoms with E-state index in [1.54, 1.807) is 44.4 Å². The van der Waals surface area contributed by atoms with Crippen LogP contribution < -0.4 is 4.74 Å². The Morgan fingerprint density at radius 3 is 2.42 bits per heavy atom. The van der Waals surface area contributed by atoms with Crippen LogP contribution in [0.2, 0.25) is 0 Å². The van der Waals surface area contributed by atoms with Crippen molar-refractivity contribution in [3.05, 3.63) is 83.9 Å². The third kappa shape index (κ3) is 6.35. The minimum absolute atomic E-state index is 0.0117. The molecule has 212 valence electrons. The van der Waals surface area contributed by atoms with Crippen molar-refractivity contribution in [3.63, 3.8) is 0 Å². The Hall–Kier alpha value is -3.34. The molecule has 0 aliphatic carbocycles. The zero-order valence-corrected chi connectivity index (χ0v) is 23.9. The molecule has 0 saturated heterocycles. The molecule has 0 unspecified atom stereocenters. The molecule has 1 N–H and O–H groups in total. The number of sulfonamides is 2. The van der Waals surface area contributed by atoms with Crippen molar-refractivity contribution in [1.29, 1.82) is 0 Å². The van der Waals surface area contributed by atoms with Gasteiger partial charge in [0.15, 0.2) is 0 Å². The molecule has 2 heterocycles. The van der Waals surface area contributed by atoms with Gasteiger partial charge in [-0.2, -0.15) is 8.61 Å². The van der Waals surface area contributed by atoms with Gasteiger partial charge in [0.05, 0.1) is 18.0 Å². The molecule has 1 aliphatic rings. The lowest BCUT2D eigenvalue weighted by Crippen LogP contribution is -2.50.